The van der Waals surface area contributed by atoms with E-state index in [1.165, 1.54) is 4.57 Å². The van der Waals surface area contributed by atoms with Gasteiger partial charge in [0.1, 0.15) is 6.10 Å². The molecule has 1 unspecified atom stereocenters. The van der Waals surface area contributed by atoms with Crippen LogP contribution in [0.5, 0.6) is 0 Å². The van der Waals surface area contributed by atoms with Crippen molar-refractivity contribution < 1.29 is 18.4 Å². The topological polar surface area (TPSA) is 103 Å². The third-order valence-corrected chi connectivity index (χ3v) is 22.5. The molecule has 1 fully saturated rings. The Hall–Kier alpha value is -0.829. The molecule has 0 bridgehead atoms. The second-order valence-corrected chi connectivity index (χ2v) is 29.8. The Bertz CT molecular complexity index is 1120. The smallest absolute Gasteiger partial charge is 0.328 e. The zero-order chi connectivity index (χ0) is 30.6. The molecule has 0 saturated carbocycles. The van der Waals surface area contributed by atoms with Crippen LogP contribution in [0.15, 0.2) is 15.8 Å². The summed E-state index contributed by atoms with van der Waals surface area (Å²) in [5, 5.41) is -0.379. The lowest BCUT2D eigenvalue weighted by molar-refractivity contribution is -0.0172. The molecule has 0 aromatic carbocycles. The van der Waals surface area contributed by atoms with Gasteiger partial charge in [0.05, 0.1) is 24.4 Å². The lowest BCUT2D eigenvalue weighted by atomic mass is 9.85. The Morgan fingerprint density at radius 2 is 1.46 bits per heavy atom. The van der Waals surface area contributed by atoms with Crippen LogP contribution < -0.4 is 11.2 Å². The second-order valence-electron chi connectivity index (χ2n) is 15.8. The van der Waals surface area contributed by atoms with Gasteiger partial charge in [-0.25, -0.2) is 4.79 Å². The monoisotopic (exact) mass is 600 g/mol. The molecule has 4 atom stereocenters. The lowest BCUT2D eigenvalue weighted by Crippen LogP contribution is -2.51. The first-order valence-electron chi connectivity index (χ1n) is 14.2. The summed E-state index contributed by atoms with van der Waals surface area (Å²) in [7, 11) is -5.34. The van der Waals surface area contributed by atoms with Crippen LogP contribution in [0.25, 0.3) is 0 Å². The van der Waals surface area contributed by atoms with E-state index in [0.29, 0.717) is 18.6 Å². The largest absolute Gasteiger partial charge is 0.432 e. The van der Waals surface area contributed by atoms with Gasteiger partial charge in [-0.3, -0.25) is 9.78 Å². The van der Waals surface area contributed by atoms with Gasteiger partial charge in [-0.1, -0.05) is 55.4 Å². The van der Waals surface area contributed by atoms with E-state index in [4.69, 9.17) is 13.6 Å². The maximum absolute atomic E-state index is 13.1. The van der Waals surface area contributed by atoms with Gasteiger partial charge in [-0.05, 0) is 60.8 Å². The number of nitrogens with zero attached hydrogens (tertiary/aromatic N) is 1. The number of aromatic nitrogens is 2. The third-order valence-electron chi connectivity index (χ3n) is 9.99. The van der Waals surface area contributed by atoms with Crippen molar-refractivity contribution in [3.63, 3.8) is 0 Å². The standard InChI is InChI=1S/C28H56N2O6Si3/c1-26(2,3)38(12,13)34-18-21-23(36-39(14,15)27(4,5)6)19(16-28(7,8)37(10,11)33)22(35-21)20-17-30(9)25(32)29-24(20)31/h17,19,21-23,33H,16,18H2,1-15H3,(H,29,31,32)/t19-,21-,22-,23?/m1/s1. The van der Waals surface area contributed by atoms with Crippen molar-refractivity contribution in [2.24, 2.45) is 13.0 Å². The average molecular weight is 601 g/mol. The predicted molar refractivity (Wildman–Crippen MR) is 167 cm³/mol. The van der Waals surface area contributed by atoms with E-state index < -0.39 is 42.3 Å². The van der Waals surface area contributed by atoms with Gasteiger partial charge in [-0.15, -0.1) is 0 Å². The number of H-pyrrole nitrogens is 1. The van der Waals surface area contributed by atoms with E-state index in [2.05, 4.69) is 86.6 Å². The van der Waals surface area contributed by atoms with Crippen molar-refractivity contribution in [1.29, 1.82) is 0 Å². The predicted octanol–water partition coefficient (Wildman–Crippen LogP) is 5.91. The second kappa shape index (κ2) is 11.1. The first kappa shape index (κ1) is 34.4. The molecule has 1 saturated heterocycles. The average Bonchev–Trinajstić information content (AvgIpc) is 3.02. The molecule has 1 aromatic rings. The van der Waals surface area contributed by atoms with Crippen LogP contribution in [0, 0.1) is 5.92 Å². The molecular formula is C28H56N2O6Si3. The summed E-state index contributed by atoms with van der Waals surface area (Å²) in [6, 6.07) is 0. The van der Waals surface area contributed by atoms with Gasteiger partial charge < -0.3 is 23.0 Å². The molecule has 226 valence electrons. The molecule has 2 rings (SSSR count). The van der Waals surface area contributed by atoms with Crippen molar-refractivity contribution in [2.45, 2.75) is 135 Å². The molecular weight excluding hydrogens is 545 g/mol. The van der Waals surface area contributed by atoms with E-state index in [9.17, 15) is 14.4 Å². The normalized spacial score (nSPS) is 23.9. The SMILES string of the molecule is Cn1cc([C@@H]2O[C@H](CO[Si](C)(C)C(C)(C)C)C(O[Si](C)(C)C(C)(C)C)[C@@H]2CC(C)(C)[Si](C)(C)O)c(=O)[nH]c1=O. The zero-order valence-electron chi connectivity index (χ0n) is 27.2. The van der Waals surface area contributed by atoms with Crippen molar-refractivity contribution in [2.75, 3.05) is 6.61 Å². The van der Waals surface area contributed by atoms with Crippen LogP contribution in [0.4, 0.5) is 0 Å². The quantitative estimate of drug-likeness (QED) is 0.342. The lowest BCUT2D eigenvalue weighted by Gasteiger charge is -2.44. The highest BCUT2D eigenvalue weighted by atomic mass is 28.4. The Kier molecular flexibility index (Phi) is 9.79. The summed E-state index contributed by atoms with van der Waals surface area (Å²) in [5.74, 6) is -0.209. The molecule has 11 heteroatoms. The molecule has 1 aromatic heterocycles. The minimum Gasteiger partial charge on any atom is -0.432 e. The van der Waals surface area contributed by atoms with E-state index in [1.54, 1.807) is 13.2 Å². The molecule has 2 heterocycles. The molecule has 39 heavy (non-hydrogen) atoms. The fraction of sp³-hybridized carbons (Fsp3) is 0.857. The molecule has 1 aliphatic rings. The van der Waals surface area contributed by atoms with Gasteiger partial charge in [0.25, 0.3) is 5.56 Å². The number of rotatable bonds is 9. The maximum Gasteiger partial charge on any atom is 0.328 e. The van der Waals surface area contributed by atoms with E-state index >= 15 is 0 Å². The van der Waals surface area contributed by atoms with Crippen LogP contribution in [0.3, 0.4) is 0 Å². The fourth-order valence-corrected chi connectivity index (χ4v) is 7.40. The number of nitrogens with one attached hydrogen (secondary N) is 1. The third kappa shape index (κ3) is 7.52. The van der Waals surface area contributed by atoms with Gasteiger partial charge in [-0.2, -0.15) is 0 Å². The van der Waals surface area contributed by atoms with Crippen LogP contribution >= 0.6 is 0 Å². The van der Waals surface area contributed by atoms with Crippen molar-refractivity contribution in [3.8, 4) is 0 Å². The molecule has 0 aliphatic carbocycles. The molecule has 2 N–H and O–H groups in total. The highest BCUT2D eigenvalue weighted by Crippen LogP contribution is 2.52. The van der Waals surface area contributed by atoms with Gasteiger partial charge >= 0.3 is 5.69 Å². The Morgan fingerprint density at radius 1 is 0.949 bits per heavy atom. The first-order chi connectivity index (χ1) is 17.2. The summed E-state index contributed by atoms with van der Waals surface area (Å²) in [6.07, 6.45) is 0.894. The minimum atomic E-state index is -2.60. The highest BCUT2D eigenvalue weighted by Gasteiger charge is 2.54. The van der Waals surface area contributed by atoms with Crippen molar-refractivity contribution in [3.05, 3.63) is 32.6 Å². The summed E-state index contributed by atoms with van der Waals surface area (Å²) in [5.41, 5.74) is -0.494. The fourth-order valence-electron chi connectivity index (χ4n) is 4.29. The first-order valence-corrected chi connectivity index (χ1v) is 23.0. The molecule has 0 spiro atoms. The maximum atomic E-state index is 13.1. The van der Waals surface area contributed by atoms with Crippen LogP contribution in [-0.4, -0.2) is 58.1 Å². The number of ether oxygens (including phenoxy) is 1. The van der Waals surface area contributed by atoms with E-state index in [1.807, 2.05) is 13.1 Å². The van der Waals surface area contributed by atoms with Crippen molar-refractivity contribution >= 4 is 25.0 Å². The molecule has 1 aliphatic heterocycles. The van der Waals surface area contributed by atoms with Crippen LogP contribution in [0.2, 0.25) is 54.4 Å². The van der Waals surface area contributed by atoms with Gasteiger partial charge in [0.15, 0.2) is 25.0 Å². The minimum absolute atomic E-state index is 0.0313. The van der Waals surface area contributed by atoms with Crippen LogP contribution in [-0.2, 0) is 20.6 Å². The highest BCUT2D eigenvalue weighted by molar-refractivity contribution is 6.74. The number of aromatic amines is 1. The van der Waals surface area contributed by atoms with Crippen molar-refractivity contribution in [1.82, 2.24) is 9.55 Å². The number of hydrogen-bond donors (Lipinski definition) is 2. The molecule has 0 amide bonds. The Balaban J connectivity index is 2.70. The van der Waals surface area contributed by atoms with Crippen LogP contribution in [0.1, 0.15) is 73.5 Å². The molecule has 8 nitrogen and oxygen atoms in total. The zero-order valence-corrected chi connectivity index (χ0v) is 30.2. The Morgan fingerprint density at radius 3 is 1.92 bits per heavy atom. The number of hydrogen-bond acceptors (Lipinski definition) is 6. The summed E-state index contributed by atoms with van der Waals surface area (Å²) in [6.45, 7) is 30.7. The summed E-state index contributed by atoms with van der Waals surface area (Å²) < 4.78 is 22.0. The summed E-state index contributed by atoms with van der Waals surface area (Å²) in [4.78, 5) is 39.0. The summed E-state index contributed by atoms with van der Waals surface area (Å²) >= 11 is 0. The molecule has 0 radical (unpaired) electrons. The van der Waals surface area contributed by atoms with Gasteiger partial charge in [0, 0.05) is 19.2 Å². The van der Waals surface area contributed by atoms with E-state index in [0.717, 1.165) is 0 Å². The Labute approximate surface area is 239 Å². The number of aryl methyl sites for hydroxylation is 1. The van der Waals surface area contributed by atoms with E-state index in [-0.39, 0.29) is 33.2 Å². The van der Waals surface area contributed by atoms with Gasteiger partial charge in [0.2, 0.25) is 0 Å².